The summed E-state index contributed by atoms with van der Waals surface area (Å²) in [6, 6.07) is 10.2. The summed E-state index contributed by atoms with van der Waals surface area (Å²) in [4.78, 5) is 12.9. The van der Waals surface area contributed by atoms with E-state index in [0.717, 1.165) is 22.4 Å². The molecule has 0 aliphatic heterocycles. The Labute approximate surface area is 117 Å². The smallest absolute Gasteiger partial charge is 0.261 e. The van der Waals surface area contributed by atoms with Crippen molar-refractivity contribution in [2.24, 2.45) is 5.73 Å². The van der Waals surface area contributed by atoms with E-state index in [1.54, 1.807) is 0 Å². The molecule has 1 heterocycles. The Morgan fingerprint density at radius 3 is 2.68 bits per heavy atom. The number of carbonyl (C=O) groups excluding carboxylic acids is 1. The Morgan fingerprint density at radius 1 is 1.26 bits per heavy atom. The molecule has 0 bridgehead atoms. The molecule has 0 saturated heterocycles. The first-order valence-corrected chi connectivity index (χ1v) is 7.23. The van der Waals surface area contributed by atoms with E-state index >= 15 is 0 Å². The fourth-order valence-electron chi connectivity index (χ4n) is 1.83. The topological polar surface area (TPSA) is 55.1 Å². The van der Waals surface area contributed by atoms with Gasteiger partial charge in [-0.2, -0.15) is 0 Å². The average Bonchev–Trinajstić information content (AvgIpc) is 2.89. The lowest BCUT2D eigenvalue weighted by atomic mass is 10.0. The van der Waals surface area contributed by atoms with Crippen molar-refractivity contribution in [1.29, 1.82) is 0 Å². The number of thiophene rings is 1. The van der Waals surface area contributed by atoms with Crippen LogP contribution in [0, 0.1) is 6.92 Å². The Hall–Kier alpha value is -1.65. The van der Waals surface area contributed by atoms with Gasteiger partial charge in [0.2, 0.25) is 0 Å². The SMILES string of the molecule is Cc1ccc(-c2ccsc2C(=O)NCCCN)cc1. The third-order valence-corrected chi connectivity index (χ3v) is 3.81. The monoisotopic (exact) mass is 274 g/mol. The number of hydrogen-bond donors (Lipinski definition) is 2. The molecule has 2 rings (SSSR count). The molecule has 0 aliphatic carbocycles. The van der Waals surface area contributed by atoms with Gasteiger partial charge in [0, 0.05) is 12.1 Å². The van der Waals surface area contributed by atoms with Crippen LogP contribution in [0.15, 0.2) is 35.7 Å². The van der Waals surface area contributed by atoms with E-state index in [-0.39, 0.29) is 5.91 Å². The third-order valence-electron chi connectivity index (χ3n) is 2.90. The molecule has 2 aromatic rings. The maximum absolute atomic E-state index is 12.1. The maximum Gasteiger partial charge on any atom is 0.261 e. The van der Waals surface area contributed by atoms with Crippen LogP contribution in [0.2, 0.25) is 0 Å². The number of amides is 1. The summed E-state index contributed by atoms with van der Waals surface area (Å²) in [5.74, 6) is -0.0148. The zero-order valence-corrected chi connectivity index (χ0v) is 11.8. The molecule has 0 unspecified atom stereocenters. The molecule has 0 radical (unpaired) electrons. The maximum atomic E-state index is 12.1. The Bertz CT molecular complexity index is 546. The summed E-state index contributed by atoms with van der Waals surface area (Å²) < 4.78 is 0. The van der Waals surface area contributed by atoms with Crippen LogP contribution in [-0.4, -0.2) is 19.0 Å². The van der Waals surface area contributed by atoms with Crippen molar-refractivity contribution in [2.45, 2.75) is 13.3 Å². The van der Waals surface area contributed by atoms with E-state index in [0.29, 0.717) is 13.1 Å². The van der Waals surface area contributed by atoms with Crippen LogP contribution in [0.3, 0.4) is 0 Å². The molecule has 3 nitrogen and oxygen atoms in total. The molecule has 100 valence electrons. The molecule has 0 fully saturated rings. The van der Waals surface area contributed by atoms with Crippen LogP contribution in [0.25, 0.3) is 11.1 Å². The van der Waals surface area contributed by atoms with Crippen molar-refractivity contribution in [3.05, 3.63) is 46.2 Å². The van der Waals surface area contributed by atoms with Crippen molar-refractivity contribution >= 4 is 17.2 Å². The minimum Gasteiger partial charge on any atom is -0.351 e. The van der Waals surface area contributed by atoms with Crippen LogP contribution < -0.4 is 11.1 Å². The molecule has 3 N–H and O–H groups in total. The number of benzene rings is 1. The second-order valence-corrected chi connectivity index (χ2v) is 5.34. The Morgan fingerprint density at radius 2 is 2.00 bits per heavy atom. The van der Waals surface area contributed by atoms with Gasteiger partial charge in [0.15, 0.2) is 0 Å². The van der Waals surface area contributed by atoms with Gasteiger partial charge in [-0.25, -0.2) is 0 Å². The molecule has 1 amide bonds. The third kappa shape index (κ3) is 3.43. The predicted molar refractivity (Wildman–Crippen MR) is 80.5 cm³/mol. The van der Waals surface area contributed by atoms with Crippen LogP contribution in [-0.2, 0) is 0 Å². The van der Waals surface area contributed by atoms with Gasteiger partial charge in [0.25, 0.3) is 5.91 Å². The van der Waals surface area contributed by atoms with Gasteiger partial charge in [-0.05, 0) is 36.9 Å². The molecule has 0 aliphatic rings. The number of aryl methyl sites for hydroxylation is 1. The largest absolute Gasteiger partial charge is 0.351 e. The fraction of sp³-hybridized carbons (Fsp3) is 0.267. The quantitative estimate of drug-likeness (QED) is 0.824. The highest BCUT2D eigenvalue weighted by Crippen LogP contribution is 2.28. The lowest BCUT2D eigenvalue weighted by Crippen LogP contribution is -2.25. The second kappa shape index (κ2) is 6.50. The number of rotatable bonds is 5. The van der Waals surface area contributed by atoms with E-state index in [1.165, 1.54) is 16.9 Å². The van der Waals surface area contributed by atoms with Crippen LogP contribution in [0.4, 0.5) is 0 Å². The summed E-state index contributed by atoms with van der Waals surface area (Å²) >= 11 is 1.47. The van der Waals surface area contributed by atoms with E-state index in [2.05, 4.69) is 24.4 Å². The zero-order chi connectivity index (χ0) is 13.7. The first-order valence-electron chi connectivity index (χ1n) is 6.35. The molecule has 1 aromatic heterocycles. The van der Waals surface area contributed by atoms with E-state index < -0.39 is 0 Å². The number of carbonyl (C=O) groups is 1. The van der Waals surface area contributed by atoms with Gasteiger partial charge >= 0.3 is 0 Å². The van der Waals surface area contributed by atoms with Gasteiger partial charge in [0.1, 0.15) is 0 Å². The lowest BCUT2D eigenvalue weighted by molar-refractivity contribution is 0.0958. The highest BCUT2D eigenvalue weighted by molar-refractivity contribution is 7.12. The van der Waals surface area contributed by atoms with Crippen LogP contribution in [0.5, 0.6) is 0 Å². The highest BCUT2D eigenvalue weighted by Gasteiger charge is 2.13. The second-order valence-electron chi connectivity index (χ2n) is 4.43. The first kappa shape index (κ1) is 13.8. The summed E-state index contributed by atoms with van der Waals surface area (Å²) in [6.45, 7) is 3.27. The Balaban J connectivity index is 2.17. The summed E-state index contributed by atoms with van der Waals surface area (Å²) in [6.07, 6.45) is 0.803. The molecule has 0 saturated carbocycles. The average molecular weight is 274 g/mol. The molecular formula is C15H18N2OS. The Kier molecular flexibility index (Phi) is 4.71. The minimum atomic E-state index is -0.0148. The molecule has 19 heavy (non-hydrogen) atoms. The normalized spacial score (nSPS) is 10.4. The van der Waals surface area contributed by atoms with Crippen LogP contribution >= 0.6 is 11.3 Å². The standard InChI is InChI=1S/C15H18N2OS/c1-11-3-5-12(6-4-11)13-7-10-19-14(13)15(18)17-9-2-8-16/h3-7,10H,2,8-9,16H2,1H3,(H,17,18). The number of nitrogens with two attached hydrogens (primary N) is 1. The van der Waals surface area contributed by atoms with Gasteiger partial charge in [-0.15, -0.1) is 11.3 Å². The minimum absolute atomic E-state index is 0.0148. The molecule has 0 atom stereocenters. The van der Waals surface area contributed by atoms with Crippen LogP contribution in [0.1, 0.15) is 21.7 Å². The van der Waals surface area contributed by atoms with E-state index in [9.17, 15) is 4.79 Å². The number of nitrogens with one attached hydrogen (secondary N) is 1. The molecular weight excluding hydrogens is 256 g/mol. The van der Waals surface area contributed by atoms with Gasteiger partial charge in [0.05, 0.1) is 4.88 Å². The zero-order valence-electron chi connectivity index (χ0n) is 11.0. The van der Waals surface area contributed by atoms with Crippen molar-refractivity contribution in [3.63, 3.8) is 0 Å². The predicted octanol–water partition coefficient (Wildman–Crippen LogP) is 2.80. The van der Waals surface area contributed by atoms with E-state index in [4.69, 9.17) is 5.73 Å². The molecule has 4 heteroatoms. The summed E-state index contributed by atoms with van der Waals surface area (Å²) in [5.41, 5.74) is 8.71. The van der Waals surface area contributed by atoms with Crippen molar-refractivity contribution in [3.8, 4) is 11.1 Å². The van der Waals surface area contributed by atoms with Crippen molar-refractivity contribution in [1.82, 2.24) is 5.32 Å². The summed E-state index contributed by atoms with van der Waals surface area (Å²) in [5, 5.41) is 4.85. The van der Waals surface area contributed by atoms with Gasteiger partial charge in [-0.3, -0.25) is 4.79 Å². The van der Waals surface area contributed by atoms with Gasteiger partial charge in [-0.1, -0.05) is 29.8 Å². The van der Waals surface area contributed by atoms with Gasteiger partial charge < -0.3 is 11.1 Å². The lowest BCUT2D eigenvalue weighted by Gasteiger charge is -2.06. The summed E-state index contributed by atoms with van der Waals surface area (Å²) in [7, 11) is 0. The highest BCUT2D eigenvalue weighted by atomic mass is 32.1. The fourth-order valence-corrected chi connectivity index (χ4v) is 2.66. The van der Waals surface area contributed by atoms with Crippen molar-refractivity contribution in [2.75, 3.05) is 13.1 Å². The first-order chi connectivity index (χ1) is 9.22. The van der Waals surface area contributed by atoms with E-state index in [1.807, 2.05) is 23.6 Å². The number of hydrogen-bond acceptors (Lipinski definition) is 3. The van der Waals surface area contributed by atoms with Crippen molar-refractivity contribution < 1.29 is 4.79 Å². The molecule has 1 aromatic carbocycles. The molecule has 0 spiro atoms.